The summed E-state index contributed by atoms with van der Waals surface area (Å²) in [5.41, 5.74) is 1.93. The van der Waals surface area contributed by atoms with Crippen LogP contribution in [0.1, 0.15) is 12.5 Å². The molecule has 0 saturated carbocycles. The smallest absolute Gasteiger partial charge is 0.243 e. The Morgan fingerprint density at radius 1 is 1.04 bits per heavy atom. The van der Waals surface area contributed by atoms with Crippen LogP contribution in [-0.2, 0) is 16.6 Å². The molecule has 2 rings (SSSR count). The first-order valence-corrected chi connectivity index (χ1v) is 8.80. The number of benzene rings is 2. The average molecular weight is 336 g/mol. The minimum atomic E-state index is -3.72. The second-order valence-electron chi connectivity index (χ2n) is 5.45. The predicted octanol–water partition coefficient (Wildman–Crippen LogP) is 3.10. The molecule has 0 N–H and O–H groups in total. The Balaban J connectivity index is 2.25. The van der Waals surface area contributed by atoms with Crippen LogP contribution >= 0.6 is 0 Å². The Morgan fingerprint density at radius 3 is 2.22 bits per heavy atom. The highest BCUT2D eigenvalue weighted by molar-refractivity contribution is 7.89. The topological polar surface area (TPSA) is 40.6 Å². The van der Waals surface area contributed by atoms with E-state index in [-0.39, 0.29) is 11.4 Å². The molecule has 0 aliphatic heterocycles. The molecule has 0 aliphatic carbocycles. The first-order chi connectivity index (χ1) is 10.8. The number of hydrogen-bond donors (Lipinski definition) is 0. The summed E-state index contributed by atoms with van der Waals surface area (Å²) in [4.78, 5) is 1.95. The first kappa shape index (κ1) is 17.4. The van der Waals surface area contributed by atoms with Crippen molar-refractivity contribution in [3.8, 4) is 0 Å². The third kappa shape index (κ3) is 4.09. The second-order valence-corrected chi connectivity index (χ2v) is 7.39. The minimum absolute atomic E-state index is 0.0238. The van der Waals surface area contributed by atoms with Crippen molar-refractivity contribution >= 4 is 15.7 Å². The monoisotopic (exact) mass is 336 g/mol. The van der Waals surface area contributed by atoms with Crippen molar-refractivity contribution in [3.63, 3.8) is 0 Å². The summed E-state index contributed by atoms with van der Waals surface area (Å²) in [7, 11) is 0.177. The maximum absolute atomic E-state index is 13.3. The van der Waals surface area contributed by atoms with E-state index in [1.807, 2.05) is 43.3 Å². The normalized spacial score (nSPS) is 11.7. The number of anilines is 1. The van der Waals surface area contributed by atoms with E-state index in [2.05, 4.69) is 0 Å². The molecule has 124 valence electrons. The van der Waals surface area contributed by atoms with Crippen molar-refractivity contribution in [1.29, 1.82) is 0 Å². The van der Waals surface area contributed by atoms with Gasteiger partial charge in [0, 0.05) is 32.9 Å². The molecule has 4 nitrogen and oxygen atoms in total. The summed E-state index contributed by atoms with van der Waals surface area (Å²) in [5, 5.41) is 0. The van der Waals surface area contributed by atoms with Crippen molar-refractivity contribution in [3.05, 3.63) is 59.9 Å². The molecule has 0 heterocycles. The van der Waals surface area contributed by atoms with Gasteiger partial charge in [0.15, 0.2) is 0 Å². The van der Waals surface area contributed by atoms with E-state index in [1.165, 1.54) is 22.5 Å². The summed E-state index contributed by atoms with van der Waals surface area (Å²) in [6.07, 6.45) is 0. The average Bonchev–Trinajstić information content (AvgIpc) is 2.52. The largest absolute Gasteiger partial charge is 0.378 e. The predicted molar refractivity (Wildman–Crippen MR) is 90.4 cm³/mol. The van der Waals surface area contributed by atoms with Crippen LogP contribution in [0.2, 0.25) is 0 Å². The Hall–Kier alpha value is -1.92. The lowest BCUT2D eigenvalue weighted by Gasteiger charge is -2.21. The second kappa shape index (κ2) is 7.10. The van der Waals surface area contributed by atoms with E-state index in [1.54, 1.807) is 6.92 Å². The van der Waals surface area contributed by atoms with Crippen molar-refractivity contribution < 1.29 is 12.8 Å². The summed E-state index contributed by atoms with van der Waals surface area (Å²) < 4.78 is 40.0. The number of sulfonamides is 1. The van der Waals surface area contributed by atoms with E-state index in [4.69, 9.17) is 0 Å². The van der Waals surface area contributed by atoms with Crippen LogP contribution in [0.5, 0.6) is 0 Å². The Labute approximate surface area is 137 Å². The molecule has 0 aromatic heterocycles. The van der Waals surface area contributed by atoms with Gasteiger partial charge in [-0.3, -0.25) is 0 Å². The Kier molecular flexibility index (Phi) is 5.38. The van der Waals surface area contributed by atoms with Crippen LogP contribution in [-0.4, -0.2) is 33.4 Å². The number of rotatable bonds is 6. The molecule has 0 unspecified atom stereocenters. The van der Waals surface area contributed by atoms with Crippen molar-refractivity contribution in [2.75, 3.05) is 25.5 Å². The van der Waals surface area contributed by atoms with Crippen molar-refractivity contribution in [2.24, 2.45) is 0 Å². The minimum Gasteiger partial charge on any atom is -0.378 e. The summed E-state index contributed by atoms with van der Waals surface area (Å²) in [5.74, 6) is -0.558. The lowest BCUT2D eigenvalue weighted by Crippen LogP contribution is -2.30. The van der Waals surface area contributed by atoms with Gasteiger partial charge in [-0.25, -0.2) is 12.8 Å². The number of halogens is 1. The molecule has 6 heteroatoms. The molecule has 0 radical (unpaired) electrons. The van der Waals surface area contributed by atoms with Gasteiger partial charge >= 0.3 is 0 Å². The third-order valence-corrected chi connectivity index (χ3v) is 5.52. The van der Waals surface area contributed by atoms with Gasteiger partial charge in [-0.15, -0.1) is 0 Å². The summed E-state index contributed by atoms with van der Waals surface area (Å²) >= 11 is 0. The quantitative estimate of drug-likeness (QED) is 0.814. The fourth-order valence-electron chi connectivity index (χ4n) is 2.25. The zero-order chi connectivity index (χ0) is 17.0. The van der Waals surface area contributed by atoms with Crippen LogP contribution in [0.15, 0.2) is 53.4 Å². The van der Waals surface area contributed by atoms with Crippen molar-refractivity contribution in [1.82, 2.24) is 4.31 Å². The lowest BCUT2D eigenvalue weighted by atomic mass is 10.2. The van der Waals surface area contributed by atoms with Gasteiger partial charge in [-0.2, -0.15) is 4.31 Å². The maximum atomic E-state index is 13.3. The molecule has 0 aliphatic rings. The van der Waals surface area contributed by atoms with Crippen molar-refractivity contribution in [2.45, 2.75) is 18.4 Å². The van der Waals surface area contributed by atoms with Crippen LogP contribution in [0.3, 0.4) is 0 Å². The van der Waals surface area contributed by atoms with Gasteiger partial charge in [0.1, 0.15) is 5.82 Å². The highest BCUT2D eigenvalue weighted by Gasteiger charge is 2.23. The molecule has 2 aromatic carbocycles. The first-order valence-electron chi connectivity index (χ1n) is 7.36. The van der Waals surface area contributed by atoms with Gasteiger partial charge in [0.25, 0.3) is 0 Å². The molecule has 0 amide bonds. The number of hydrogen-bond acceptors (Lipinski definition) is 3. The Morgan fingerprint density at radius 2 is 1.70 bits per heavy atom. The van der Waals surface area contributed by atoms with Crippen LogP contribution < -0.4 is 4.90 Å². The summed E-state index contributed by atoms with van der Waals surface area (Å²) in [6, 6.07) is 12.8. The van der Waals surface area contributed by atoms with Crippen LogP contribution in [0.25, 0.3) is 0 Å². The molecule has 0 fully saturated rings. The maximum Gasteiger partial charge on any atom is 0.243 e. The lowest BCUT2D eigenvalue weighted by molar-refractivity contribution is 0.423. The molecule has 0 bridgehead atoms. The zero-order valence-corrected chi connectivity index (χ0v) is 14.3. The van der Waals surface area contributed by atoms with E-state index in [0.717, 1.165) is 17.3 Å². The van der Waals surface area contributed by atoms with Gasteiger partial charge in [0.05, 0.1) is 4.90 Å². The van der Waals surface area contributed by atoms with E-state index in [0.29, 0.717) is 6.54 Å². The number of nitrogens with zero attached hydrogens (tertiary/aromatic N) is 2. The van der Waals surface area contributed by atoms with Gasteiger partial charge in [-0.1, -0.05) is 25.1 Å². The third-order valence-electron chi connectivity index (χ3n) is 3.60. The summed E-state index contributed by atoms with van der Waals surface area (Å²) in [6.45, 7) is 2.34. The van der Waals surface area contributed by atoms with E-state index in [9.17, 15) is 12.8 Å². The fraction of sp³-hybridized carbons (Fsp3) is 0.294. The molecule has 0 atom stereocenters. The van der Waals surface area contributed by atoms with Gasteiger partial charge < -0.3 is 4.90 Å². The standard InChI is InChI=1S/C17H21FN2O2S/c1-4-20(13-14-8-10-16(11-9-14)19(2)3)23(21,22)17-7-5-6-15(18)12-17/h5-12H,4,13H2,1-3H3. The molecular formula is C17H21FN2O2S. The Bertz CT molecular complexity index is 758. The van der Waals surface area contributed by atoms with E-state index < -0.39 is 15.8 Å². The molecule has 0 saturated heterocycles. The highest BCUT2D eigenvalue weighted by Crippen LogP contribution is 2.20. The highest BCUT2D eigenvalue weighted by atomic mass is 32.2. The van der Waals surface area contributed by atoms with Gasteiger partial charge in [-0.05, 0) is 35.9 Å². The zero-order valence-electron chi connectivity index (χ0n) is 13.5. The molecule has 0 spiro atoms. The van der Waals surface area contributed by atoms with Crippen LogP contribution in [0, 0.1) is 5.82 Å². The van der Waals surface area contributed by atoms with Gasteiger partial charge in [0.2, 0.25) is 10.0 Å². The van der Waals surface area contributed by atoms with E-state index >= 15 is 0 Å². The fourth-order valence-corrected chi connectivity index (χ4v) is 3.72. The van der Waals surface area contributed by atoms with Crippen LogP contribution in [0.4, 0.5) is 10.1 Å². The molecular weight excluding hydrogens is 315 g/mol. The molecule has 23 heavy (non-hydrogen) atoms. The SMILES string of the molecule is CCN(Cc1ccc(N(C)C)cc1)S(=O)(=O)c1cccc(F)c1. The molecule has 2 aromatic rings.